The van der Waals surface area contributed by atoms with E-state index in [0.29, 0.717) is 10.6 Å². The van der Waals surface area contributed by atoms with Gasteiger partial charge in [0.25, 0.3) is 5.91 Å². The molecule has 23 heavy (non-hydrogen) atoms. The highest BCUT2D eigenvalue weighted by Crippen LogP contribution is 2.11. The Morgan fingerprint density at radius 2 is 2.09 bits per heavy atom. The number of benzene rings is 1. The van der Waals surface area contributed by atoms with Crippen molar-refractivity contribution < 1.29 is 19.7 Å². The SMILES string of the molecule is C#CCN=C([O-])CNC(=O)C[NH+]=C(C)SC(=O)c1ccccc1. The molecule has 0 saturated heterocycles. The fraction of sp³-hybridized carbons (Fsp3) is 0.250. The standard InChI is InChI=1S/C16H17N3O3S/c1-3-9-17-14(20)11-19-15(21)10-18-12(2)23-16(22)13-7-5-4-6-8-13/h1,4-8H,9-11H2,2H3,(H,17,20)(H,19,21). The number of amides is 1. The van der Waals surface area contributed by atoms with E-state index in [1.165, 1.54) is 0 Å². The van der Waals surface area contributed by atoms with Crippen LogP contribution in [0.25, 0.3) is 0 Å². The maximum absolute atomic E-state index is 11.9. The molecule has 0 unspecified atom stereocenters. The van der Waals surface area contributed by atoms with Crippen molar-refractivity contribution in [3.8, 4) is 12.3 Å². The molecular weight excluding hydrogens is 314 g/mol. The summed E-state index contributed by atoms with van der Waals surface area (Å²) < 4.78 is 0. The number of rotatable bonds is 6. The summed E-state index contributed by atoms with van der Waals surface area (Å²) in [7, 11) is 0. The zero-order chi connectivity index (χ0) is 17.1. The molecule has 0 aliphatic carbocycles. The predicted octanol–water partition coefficient (Wildman–Crippen LogP) is -1.43. The van der Waals surface area contributed by atoms with Crippen molar-refractivity contribution in [1.29, 1.82) is 0 Å². The molecule has 1 aromatic carbocycles. The first-order valence-corrected chi connectivity index (χ1v) is 7.59. The van der Waals surface area contributed by atoms with Crippen molar-refractivity contribution in [3.63, 3.8) is 0 Å². The normalized spacial score (nSPS) is 11.7. The molecule has 0 aliphatic rings. The van der Waals surface area contributed by atoms with E-state index in [-0.39, 0.29) is 30.7 Å². The van der Waals surface area contributed by atoms with Crippen molar-refractivity contribution in [1.82, 2.24) is 5.32 Å². The van der Waals surface area contributed by atoms with E-state index in [4.69, 9.17) is 6.42 Å². The minimum absolute atomic E-state index is 0.00191. The Labute approximate surface area is 139 Å². The van der Waals surface area contributed by atoms with Gasteiger partial charge in [-0.2, -0.15) is 0 Å². The maximum atomic E-state index is 11.9. The van der Waals surface area contributed by atoms with Crippen LogP contribution >= 0.6 is 11.8 Å². The van der Waals surface area contributed by atoms with Crippen molar-refractivity contribution in [2.75, 3.05) is 19.6 Å². The molecule has 0 atom stereocenters. The monoisotopic (exact) mass is 331 g/mol. The van der Waals surface area contributed by atoms with Crippen molar-refractivity contribution in [2.24, 2.45) is 4.99 Å². The lowest BCUT2D eigenvalue weighted by Crippen LogP contribution is -2.75. The van der Waals surface area contributed by atoms with Crippen LogP contribution in [0.2, 0.25) is 0 Å². The summed E-state index contributed by atoms with van der Waals surface area (Å²) >= 11 is 1.01. The number of terminal acetylenes is 1. The lowest BCUT2D eigenvalue weighted by molar-refractivity contribution is -0.441. The molecule has 0 saturated carbocycles. The number of hydrogen-bond acceptors (Lipinski definition) is 5. The molecule has 7 heteroatoms. The number of nitrogens with one attached hydrogen (secondary N) is 2. The number of nitrogens with zero attached hydrogens (tertiary/aromatic N) is 1. The van der Waals surface area contributed by atoms with E-state index >= 15 is 0 Å². The minimum atomic E-state index is -0.481. The van der Waals surface area contributed by atoms with Gasteiger partial charge in [0.15, 0.2) is 0 Å². The number of carbonyl (C=O) groups excluding carboxylic acids is 2. The van der Waals surface area contributed by atoms with Crippen LogP contribution in [0.4, 0.5) is 0 Å². The third-order valence-corrected chi connectivity index (χ3v) is 3.41. The van der Waals surface area contributed by atoms with Crippen LogP contribution < -0.4 is 15.4 Å². The van der Waals surface area contributed by atoms with Gasteiger partial charge in [0.1, 0.15) is 0 Å². The summed E-state index contributed by atoms with van der Waals surface area (Å²) in [4.78, 5) is 29.9. The van der Waals surface area contributed by atoms with Crippen LogP contribution in [-0.4, -0.2) is 41.6 Å². The lowest BCUT2D eigenvalue weighted by Gasteiger charge is -2.09. The van der Waals surface area contributed by atoms with E-state index in [9.17, 15) is 14.7 Å². The van der Waals surface area contributed by atoms with Crippen LogP contribution in [-0.2, 0) is 4.79 Å². The van der Waals surface area contributed by atoms with Gasteiger partial charge in [-0.3, -0.25) is 14.6 Å². The minimum Gasteiger partial charge on any atom is -0.861 e. The summed E-state index contributed by atoms with van der Waals surface area (Å²) in [5, 5.41) is 14.1. The van der Waals surface area contributed by atoms with E-state index in [1.54, 1.807) is 31.2 Å². The van der Waals surface area contributed by atoms with Crippen LogP contribution in [0, 0.1) is 12.3 Å². The first kappa shape index (κ1) is 18.5. The van der Waals surface area contributed by atoms with Gasteiger partial charge >= 0.3 is 0 Å². The third kappa shape index (κ3) is 7.83. The third-order valence-electron chi connectivity index (χ3n) is 2.54. The molecule has 2 N–H and O–H groups in total. The van der Waals surface area contributed by atoms with Crippen molar-refractivity contribution in [3.05, 3.63) is 35.9 Å². The Balaban J connectivity index is 2.40. The molecular formula is C16H17N3O3S. The summed E-state index contributed by atoms with van der Waals surface area (Å²) in [5.41, 5.74) is 0.587. The summed E-state index contributed by atoms with van der Waals surface area (Å²) in [6, 6.07) is 8.84. The van der Waals surface area contributed by atoms with Gasteiger partial charge in [0.2, 0.25) is 16.7 Å². The Morgan fingerprint density at radius 1 is 1.39 bits per heavy atom. The number of thioether (sulfide) groups is 1. The highest BCUT2D eigenvalue weighted by molar-refractivity contribution is 8.26. The highest BCUT2D eigenvalue weighted by Gasteiger charge is 2.12. The molecule has 0 bridgehead atoms. The average molecular weight is 331 g/mol. The Morgan fingerprint density at radius 3 is 2.74 bits per heavy atom. The molecule has 6 nitrogen and oxygen atoms in total. The number of hydrogen-bond donors (Lipinski definition) is 2. The largest absolute Gasteiger partial charge is 0.861 e. The second-order valence-corrected chi connectivity index (χ2v) is 5.54. The second kappa shape index (κ2) is 10.2. The van der Waals surface area contributed by atoms with Crippen LogP contribution in [0.5, 0.6) is 0 Å². The molecule has 0 aromatic heterocycles. The van der Waals surface area contributed by atoms with Gasteiger partial charge in [0.05, 0.1) is 6.54 Å². The van der Waals surface area contributed by atoms with Gasteiger partial charge < -0.3 is 10.4 Å². The molecule has 0 aliphatic heterocycles. The van der Waals surface area contributed by atoms with Crippen LogP contribution in [0.1, 0.15) is 17.3 Å². The zero-order valence-electron chi connectivity index (χ0n) is 12.7. The van der Waals surface area contributed by atoms with Crippen LogP contribution in [0.15, 0.2) is 35.3 Å². The van der Waals surface area contributed by atoms with E-state index in [2.05, 4.69) is 21.2 Å². The Bertz CT molecular complexity index is 648. The van der Waals surface area contributed by atoms with E-state index in [0.717, 1.165) is 11.8 Å². The van der Waals surface area contributed by atoms with Crippen molar-refractivity contribution in [2.45, 2.75) is 6.92 Å². The topological polar surface area (TPSA) is 95.6 Å². The molecule has 0 radical (unpaired) electrons. The molecule has 120 valence electrons. The summed E-state index contributed by atoms with van der Waals surface area (Å²) in [6.45, 7) is 1.46. The summed E-state index contributed by atoms with van der Waals surface area (Å²) in [5.74, 6) is 1.35. The molecule has 0 fully saturated rings. The first-order chi connectivity index (χ1) is 11.0. The fourth-order valence-electron chi connectivity index (χ4n) is 1.44. The smallest absolute Gasteiger partial charge is 0.285 e. The van der Waals surface area contributed by atoms with Gasteiger partial charge in [-0.1, -0.05) is 36.3 Å². The van der Waals surface area contributed by atoms with E-state index in [1.807, 2.05) is 6.07 Å². The maximum Gasteiger partial charge on any atom is 0.285 e. The zero-order valence-corrected chi connectivity index (χ0v) is 13.5. The number of aliphatic imine (C=N–C) groups is 1. The molecule has 1 rings (SSSR count). The number of carbonyl (C=O) groups is 2. The Hall–Kier alpha value is -2.59. The second-order valence-electron chi connectivity index (χ2n) is 4.36. The molecule has 1 amide bonds. The molecule has 0 spiro atoms. The summed E-state index contributed by atoms with van der Waals surface area (Å²) in [6.07, 6.45) is 4.97. The van der Waals surface area contributed by atoms with Gasteiger partial charge in [-0.15, -0.1) is 6.42 Å². The molecule has 1 aromatic rings. The quantitative estimate of drug-likeness (QED) is 0.379. The Kier molecular flexibility index (Phi) is 8.18. The highest BCUT2D eigenvalue weighted by atomic mass is 32.2. The first-order valence-electron chi connectivity index (χ1n) is 6.78. The van der Waals surface area contributed by atoms with Crippen LogP contribution in [0.3, 0.4) is 0 Å². The van der Waals surface area contributed by atoms with Crippen molar-refractivity contribution >= 4 is 33.7 Å². The molecule has 0 heterocycles. The van der Waals surface area contributed by atoms with Gasteiger partial charge in [-0.05, 0) is 5.90 Å². The van der Waals surface area contributed by atoms with Gasteiger partial charge in [-0.25, -0.2) is 4.99 Å². The lowest BCUT2D eigenvalue weighted by atomic mass is 10.2. The average Bonchev–Trinajstić information content (AvgIpc) is 2.57. The predicted molar refractivity (Wildman–Crippen MR) is 89.0 cm³/mol. The van der Waals surface area contributed by atoms with E-state index < -0.39 is 5.90 Å². The fourth-order valence-corrected chi connectivity index (χ4v) is 2.12. The van der Waals surface area contributed by atoms with Gasteiger partial charge in [0, 0.05) is 30.8 Å².